The Morgan fingerprint density at radius 2 is 1.87 bits per heavy atom. The van der Waals surface area contributed by atoms with Crippen molar-refractivity contribution in [3.05, 3.63) is 42.0 Å². The molecular weight excluding hydrogens is 290 g/mol. The second-order valence-electron chi connectivity index (χ2n) is 6.72. The van der Waals surface area contributed by atoms with E-state index in [1.54, 1.807) is 0 Å². The molecule has 4 heteroatoms. The number of hydrogen-bond acceptors (Lipinski definition) is 2. The van der Waals surface area contributed by atoms with Crippen molar-refractivity contribution in [1.29, 1.82) is 0 Å². The quantitative estimate of drug-likeness (QED) is 0.815. The minimum absolute atomic E-state index is 0.00180. The van der Waals surface area contributed by atoms with Crippen LogP contribution < -0.4 is 5.32 Å². The Hall–Kier alpha value is -2.10. The van der Waals surface area contributed by atoms with Gasteiger partial charge < -0.3 is 10.4 Å². The Bertz CT molecular complexity index is 652. The summed E-state index contributed by atoms with van der Waals surface area (Å²) in [6.45, 7) is 4.25. The average molecular weight is 313 g/mol. The van der Waals surface area contributed by atoms with Crippen LogP contribution in [0.3, 0.4) is 0 Å². The summed E-state index contributed by atoms with van der Waals surface area (Å²) in [5.74, 6) is -1.69. The number of carbonyl (C=O) groups excluding carboxylic acids is 1. The van der Waals surface area contributed by atoms with Gasteiger partial charge in [0.25, 0.3) is 0 Å². The molecule has 5 atom stereocenters. The van der Waals surface area contributed by atoms with Gasteiger partial charge in [0.15, 0.2) is 0 Å². The van der Waals surface area contributed by atoms with Crippen LogP contribution in [0, 0.1) is 23.7 Å². The molecule has 4 nitrogen and oxygen atoms in total. The normalized spacial score (nSPS) is 29.5. The maximum atomic E-state index is 12.8. The second kappa shape index (κ2) is 6.19. The highest BCUT2D eigenvalue weighted by atomic mass is 16.4. The summed E-state index contributed by atoms with van der Waals surface area (Å²) in [6.07, 6.45) is 5.73. The molecule has 1 saturated carbocycles. The Kier molecular flexibility index (Phi) is 4.24. The average Bonchev–Trinajstić information content (AvgIpc) is 3.15. The lowest BCUT2D eigenvalue weighted by molar-refractivity contribution is -0.146. The second-order valence-corrected chi connectivity index (χ2v) is 6.72. The van der Waals surface area contributed by atoms with Gasteiger partial charge in [0.2, 0.25) is 5.91 Å². The first-order valence-corrected chi connectivity index (χ1v) is 8.33. The van der Waals surface area contributed by atoms with Crippen LogP contribution in [0.4, 0.5) is 5.69 Å². The molecule has 23 heavy (non-hydrogen) atoms. The molecule has 2 aliphatic carbocycles. The number of fused-ring (bicyclic) bond motifs is 2. The predicted octanol–water partition coefficient (Wildman–Crippen LogP) is 3.66. The van der Waals surface area contributed by atoms with Gasteiger partial charge in [-0.1, -0.05) is 44.2 Å². The zero-order chi connectivity index (χ0) is 16.6. The van der Waals surface area contributed by atoms with Crippen LogP contribution in [0.15, 0.2) is 36.4 Å². The van der Waals surface area contributed by atoms with Crippen molar-refractivity contribution in [2.45, 2.75) is 32.6 Å². The van der Waals surface area contributed by atoms with E-state index in [0.29, 0.717) is 5.92 Å². The number of carboxylic acids is 1. The molecule has 0 aliphatic heterocycles. The number of hydrogen-bond donors (Lipinski definition) is 2. The van der Waals surface area contributed by atoms with E-state index in [4.69, 9.17) is 0 Å². The highest BCUT2D eigenvalue weighted by Crippen LogP contribution is 2.48. The largest absolute Gasteiger partial charge is 0.481 e. The standard InChI is InChI=1S/C19H23NO3/c1-3-11(2)14-6-4-5-7-15(14)20-18(21)16-12-8-9-13(10-12)17(16)19(22)23/h4-9,11-13,16-17H,3,10H2,1-2H3,(H,20,21)(H,22,23)/t11-,12-,13-,16+,17-/m0/s1. The number of benzene rings is 1. The van der Waals surface area contributed by atoms with E-state index >= 15 is 0 Å². The number of carbonyl (C=O) groups is 2. The molecule has 1 aromatic rings. The van der Waals surface area contributed by atoms with Gasteiger partial charge in [0.05, 0.1) is 11.8 Å². The fourth-order valence-corrected chi connectivity index (χ4v) is 3.99. The number of amides is 1. The van der Waals surface area contributed by atoms with Gasteiger partial charge in [-0.25, -0.2) is 0 Å². The van der Waals surface area contributed by atoms with E-state index in [2.05, 4.69) is 19.2 Å². The fourth-order valence-electron chi connectivity index (χ4n) is 3.99. The minimum atomic E-state index is -0.864. The predicted molar refractivity (Wildman–Crippen MR) is 89.1 cm³/mol. The zero-order valence-electron chi connectivity index (χ0n) is 13.5. The van der Waals surface area contributed by atoms with Crippen LogP contribution in [0.2, 0.25) is 0 Å². The number of aliphatic carboxylic acids is 1. The van der Waals surface area contributed by atoms with Gasteiger partial charge in [0.1, 0.15) is 0 Å². The van der Waals surface area contributed by atoms with Gasteiger partial charge >= 0.3 is 5.97 Å². The summed E-state index contributed by atoms with van der Waals surface area (Å²) in [5, 5.41) is 12.5. The molecule has 0 spiro atoms. The zero-order valence-corrected chi connectivity index (χ0v) is 13.5. The fraction of sp³-hybridized carbons (Fsp3) is 0.474. The van der Waals surface area contributed by atoms with Crippen molar-refractivity contribution in [1.82, 2.24) is 0 Å². The van der Waals surface area contributed by atoms with Crippen LogP contribution >= 0.6 is 0 Å². The van der Waals surface area contributed by atoms with E-state index in [1.165, 1.54) is 0 Å². The molecule has 122 valence electrons. The SMILES string of the molecule is CC[C@H](C)c1ccccc1NC(=O)[C@H]1[C@@H](C(=O)O)[C@H]2C=C[C@H]1C2. The third-order valence-electron chi connectivity index (χ3n) is 5.41. The molecular formula is C19H23NO3. The van der Waals surface area contributed by atoms with Crippen molar-refractivity contribution in [3.8, 4) is 0 Å². The number of carboxylic acid groups (broad SMARTS) is 1. The first-order valence-electron chi connectivity index (χ1n) is 8.33. The molecule has 2 aliphatic rings. The van der Waals surface area contributed by atoms with Gasteiger partial charge in [-0.05, 0) is 42.2 Å². The summed E-state index contributed by atoms with van der Waals surface area (Å²) in [5.41, 5.74) is 1.91. The summed E-state index contributed by atoms with van der Waals surface area (Å²) in [7, 11) is 0. The molecule has 1 amide bonds. The smallest absolute Gasteiger partial charge is 0.307 e. The van der Waals surface area contributed by atoms with Crippen LogP contribution in [0.5, 0.6) is 0 Å². The Morgan fingerprint density at radius 1 is 1.22 bits per heavy atom. The van der Waals surface area contributed by atoms with Gasteiger partial charge in [-0.3, -0.25) is 9.59 Å². The van der Waals surface area contributed by atoms with E-state index in [1.807, 2.05) is 36.4 Å². The number of anilines is 1. The number of para-hydroxylation sites is 1. The molecule has 1 fully saturated rings. The summed E-state index contributed by atoms with van der Waals surface area (Å²) < 4.78 is 0. The highest BCUT2D eigenvalue weighted by Gasteiger charge is 2.51. The van der Waals surface area contributed by atoms with Crippen molar-refractivity contribution in [2.24, 2.45) is 23.7 Å². The van der Waals surface area contributed by atoms with Crippen molar-refractivity contribution in [3.63, 3.8) is 0 Å². The lowest BCUT2D eigenvalue weighted by atomic mass is 9.82. The molecule has 2 N–H and O–H groups in total. The third-order valence-corrected chi connectivity index (χ3v) is 5.41. The first kappa shape index (κ1) is 15.8. The topological polar surface area (TPSA) is 66.4 Å². The summed E-state index contributed by atoms with van der Waals surface area (Å²) in [6, 6.07) is 7.80. The number of nitrogens with one attached hydrogen (secondary N) is 1. The molecule has 0 heterocycles. The van der Waals surface area contributed by atoms with Crippen LogP contribution in [0.25, 0.3) is 0 Å². The molecule has 0 radical (unpaired) electrons. The van der Waals surface area contributed by atoms with E-state index in [9.17, 15) is 14.7 Å². The lowest BCUT2D eigenvalue weighted by Crippen LogP contribution is -2.36. The summed E-state index contributed by atoms with van der Waals surface area (Å²) in [4.78, 5) is 24.3. The maximum Gasteiger partial charge on any atom is 0.307 e. The molecule has 3 rings (SSSR count). The third kappa shape index (κ3) is 2.78. The van der Waals surface area contributed by atoms with Gasteiger partial charge in [-0.15, -0.1) is 0 Å². The first-order chi connectivity index (χ1) is 11.0. The highest BCUT2D eigenvalue weighted by molar-refractivity contribution is 5.97. The van der Waals surface area contributed by atoms with Crippen LogP contribution in [-0.2, 0) is 9.59 Å². The maximum absolute atomic E-state index is 12.8. The molecule has 0 saturated heterocycles. The molecule has 0 unspecified atom stereocenters. The van der Waals surface area contributed by atoms with Crippen LogP contribution in [-0.4, -0.2) is 17.0 Å². The summed E-state index contributed by atoms with van der Waals surface area (Å²) >= 11 is 0. The van der Waals surface area contributed by atoms with Gasteiger partial charge in [-0.2, -0.15) is 0 Å². The lowest BCUT2D eigenvalue weighted by Gasteiger charge is -2.25. The Morgan fingerprint density at radius 3 is 2.52 bits per heavy atom. The molecule has 2 bridgehead atoms. The minimum Gasteiger partial charge on any atom is -0.481 e. The van der Waals surface area contributed by atoms with E-state index < -0.39 is 17.8 Å². The van der Waals surface area contributed by atoms with Crippen LogP contribution in [0.1, 0.15) is 38.2 Å². The number of rotatable bonds is 5. The van der Waals surface area contributed by atoms with Crippen molar-refractivity contribution in [2.75, 3.05) is 5.32 Å². The Balaban J connectivity index is 1.83. The molecule has 1 aromatic carbocycles. The van der Waals surface area contributed by atoms with E-state index in [-0.39, 0.29) is 17.7 Å². The number of allylic oxidation sites excluding steroid dienone is 2. The Labute approximate surface area is 136 Å². The molecule has 0 aromatic heterocycles. The monoisotopic (exact) mass is 313 g/mol. The van der Waals surface area contributed by atoms with Crippen molar-refractivity contribution >= 4 is 17.6 Å². The van der Waals surface area contributed by atoms with E-state index in [0.717, 1.165) is 24.1 Å². The van der Waals surface area contributed by atoms with Crippen molar-refractivity contribution < 1.29 is 14.7 Å². The van der Waals surface area contributed by atoms with Gasteiger partial charge in [0, 0.05) is 5.69 Å².